The zero-order valence-corrected chi connectivity index (χ0v) is 14.0. The first-order chi connectivity index (χ1) is 9.65. The molecule has 0 aliphatic carbocycles. The van der Waals surface area contributed by atoms with E-state index in [1.807, 2.05) is 31.8 Å². The van der Waals surface area contributed by atoms with Gasteiger partial charge in [-0.1, -0.05) is 6.92 Å². The molecule has 1 atom stereocenters. The smallest absolute Gasteiger partial charge is 0.158 e. The van der Waals surface area contributed by atoms with Crippen molar-refractivity contribution in [3.63, 3.8) is 0 Å². The standard InChI is InChI=1S/C14H26N4OS/c1-6-11(10-20-5)18(4)14-8-12(15-3)16-13(17-14)9-19-7-2/h8,11H,6-7,9-10H2,1-5H3,(H,15,16,17). The molecule has 1 heterocycles. The van der Waals surface area contributed by atoms with Crippen molar-refractivity contribution in [3.05, 3.63) is 11.9 Å². The molecule has 5 nitrogen and oxygen atoms in total. The van der Waals surface area contributed by atoms with Gasteiger partial charge in [-0.25, -0.2) is 9.97 Å². The molecule has 0 aromatic carbocycles. The molecule has 1 aromatic rings. The maximum atomic E-state index is 5.41. The highest BCUT2D eigenvalue weighted by molar-refractivity contribution is 7.98. The fourth-order valence-electron chi connectivity index (χ4n) is 1.93. The zero-order chi connectivity index (χ0) is 15.0. The molecule has 0 bridgehead atoms. The largest absolute Gasteiger partial charge is 0.374 e. The number of aromatic nitrogens is 2. The fourth-order valence-corrected chi connectivity index (χ4v) is 2.78. The van der Waals surface area contributed by atoms with Gasteiger partial charge in [0.05, 0.1) is 0 Å². The molecule has 0 fully saturated rings. The molecule has 0 aliphatic rings. The number of ether oxygens (including phenoxy) is 1. The minimum Gasteiger partial charge on any atom is -0.374 e. The van der Waals surface area contributed by atoms with Gasteiger partial charge in [0.25, 0.3) is 0 Å². The summed E-state index contributed by atoms with van der Waals surface area (Å²) < 4.78 is 5.41. The number of rotatable bonds is 9. The van der Waals surface area contributed by atoms with Crippen molar-refractivity contribution in [1.82, 2.24) is 9.97 Å². The molecule has 0 amide bonds. The van der Waals surface area contributed by atoms with Crippen molar-refractivity contribution in [3.8, 4) is 0 Å². The Balaban J connectivity index is 2.96. The van der Waals surface area contributed by atoms with E-state index in [-0.39, 0.29) is 0 Å². The molecule has 0 radical (unpaired) electrons. The van der Waals surface area contributed by atoms with Gasteiger partial charge < -0.3 is 15.0 Å². The number of hydrogen-bond donors (Lipinski definition) is 1. The lowest BCUT2D eigenvalue weighted by Crippen LogP contribution is -2.34. The van der Waals surface area contributed by atoms with Crippen molar-refractivity contribution in [2.75, 3.05) is 42.9 Å². The quantitative estimate of drug-likeness (QED) is 0.756. The van der Waals surface area contributed by atoms with Crippen LogP contribution >= 0.6 is 11.8 Å². The Kier molecular flexibility index (Phi) is 7.69. The Bertz CT molecular complexity index is 403. The molecule has 114 valence electrons. The van der Waals surface area contributed by atoms with Crippen LogP contribution in [0.3, 0.4) is 0 Å². The van der Waals surface area contributed by atoms with Crippen LogP contribution in [-0.2, 0) is 11.3 Å². The first-order valence-electron chi connectivity index (χ1n) is 7.01. The van der Waals surface area contributed by atoms with E-state index < -0.39 is 0 Å². The number of anilines is 2. The van der Waals surface area contributed by atoms with Crippen molar-refractivity contribution in [2.45, 2.75) is 32.9 Å². The van der Waals surface area contributed by atoms with Crippen LogP contribution in [0.15, 0.2) is 6.07 Å². The number of nitrogens with one attached hydrogen (secondary N) is 1. The van der Waals surface area contributed by atoms with E-state index in [4.69, 9.17) is 4.74 Å². The van der Waals surface area contributed by atoms with Crippen molar-refractivity contribution in [1.29, 1.82) is 0 Å². The lowest BCUT2D eigenvalue weighted by molar-refractivity contribution is 0.128. The SMILES string of the molecule is CCOCc1nc(NC)cc(N(C)C(CC)CSC)n1. The van der Waals surface area contributed by atoms with Gasteiger partial charge in [0.1, 0.15) is 18.2 Å². The summed E-state index contributed by atoms with van der Waals surface area (Å²) in [7, 11) is 3.96. The van der Waals surface area contributed by atoms with Gasteiger partial charge in [-0.05, 0) is 19.6 Å². The summed E-state index contributed by atoms with van der Waals surface area (Å²) >= 11 is 1.86. The summed E-state index contributed by atoms with van der Waals surface area (Å²) in [6, 6.07) is 2.46. The minimum absolute atomic E-state index is 0.451. The highest BCUT2D eigenvalue weighted by Crippen LogP contribution is 2.20. The number of hydrogen-bond acceptors (Lipinski definition) is 6. The summed E-state index contributed by atoms with van der Waals surface area (Å²) in [4.78, 5) is 11.3. The monoisotopic (exact) mass is 298 g/mol. The molecule has 6 heteroatoms. The summed E-state index contributed by atoms with van der Waals surface area (Å²) in [5.74, 6) is 3.59. The van der Waals surface area contributed by atoms with Gasteiger partial charge in [-0.15, -0.1) is 0 Å². The van der Waals surface area contributed by atoms with E-state index in [9.17, 15) is 0 Å². The number of nitrogens with zero attached hydrogens (tertiary/aromatic N) is 3. The van der Waals surface area contributed by atoms with Crippen molar-refractivity contribution < 1.29 is 4.74 Å². The minimum atomic E-state index is 0.451. The summed E-state index contributed by atoms with van der Waals surface area (Å²) in [6.45, 7) is 5.30. The van der Waals surface area contributed by atoms with Crippen LogP contribution in [0.2, 0.25) is 0 Å². The predicted octanol–water partition coefficient (Wildman–Crippen LogP) is 2.63. The van der Waals surface area contributed by atoms with Gasteiger partial charge in [0.15, 0.2) is 5.82 Å². The molecular weight excluding hydrogens is 272 g/mol. The van der Waals surface area contributed by atoms with Crippen LogP contribution < -0.4 is 10.2 Å². The highest BCUT2D eigenvalue weighted by atomic mass is 32.2. The van der Waals surface area contributed by atoms with E-state index in [0.717, 1.165) is 29.6 Å². The molecular formula is C14H26N4OS. The second-order valence-electron chi connectivity index (χ2n) is 4.54. The maximum absolute atomic E-state index is 5.41. The zero-order valence-electron chi connectivity index (χ0n) is 13.1. The van der Waals surface area contributed by atoms with Gasteiger partial charge in [0.2, 0.25) is 0 Å². The van der Waals surface area contributed by atoms with Crippen LogP contribution in [0, 0.1) is 0 Å². The van der Waals surface area contributed by atoms with Crippen LogP contribution in [0.25, 0.3) is 0 Å². The Morgan fingerprint density at radius 1 is 1.40 bits per heavy atom. The van der Waals surface area contributed by atoms with Crippen LogP contribution in [0.4, 0.5) is 11.6 Å². The van der Waals surface area contributed by atoms with Gasteiger partial charge in [0, 0.05) is 38.6 Å². The first kappa shape index (κ1) is 17.0. The third-order valence-corrected chi connectivity index (χ3v) is 3.91. The van der Waals surface area contributed by atoms with Gasteiger partial charge >= 0.3 is 0 Å². The van der Waals surface area contributed by atoms with E-state index >= 15 is 0 Å². The summed E-state index contributed by atoms with van der Waals surface area (Å²) in [5, 5.41) is 3.09. The van der Waals surface area contributed by atoms with Crippen LogP contribution in [0.1, 0.15) is 26.1 Å². The molecule has 0 spiro atoms. The Morgan fingerprint density at radius 2 is 2.15 bits per heavy atom. The maximum Gasteiger partial charge on any atom is 0.158 e. The average Bonchev–Trinajstić information content (AvgIpc) is 2.49. The summed E-state index contributed by atoms with van der Waals surface area (Å²) in [6.07, 6.45) is 3.23. The summed E-state index contributed by atoms with van der Waals surface area (Å²) in [5.41, 5.74) is 0. The molecule has 1 unspecified atom stereocenters. The van der Waals surface area contributed by atoms with Gasteiger partial charge in [-0.3, -0.25) is 0 Å². The average molecular weight is 298 g/mol. The van der Waals surface area contributed by atoms with Crippen LogP contribution in [-0.4, -0.2) is 48.7 Å². The van der Waals surface area contributed by atoms with E-state index in [1.54, 1.807) is 0 Å². The first-order valence-corrected chi connectivity index (χ1v) is 8.40. The molecule has 0 aliphatic heterocycles. The van der Waals surface area contributed by atoms with Gasteiger partial charge in [-0.2, -0.15) is 11.8 Å². The molecule has 1 N–H and O–H groups in total. The molecule has 1 rings (SSSR count). The fraction of sp³-hybridized carbons (Fsp3) is 0.714. The predicted molar refractivity (Wildman–Crippen MR) is 87.8 cm³/mol. The normalized spacial score (nSPS) is 12.2. The van der Waals surface area contributed by atoms with E-state index in [0.29, 0.717) is 19.3 Å². The lowest BCUT2D eigenvalue weighted by Gasteiger charge is -2.28. The van der Waals surface area contributed by atoms with Crippen molar-refractivity contribution in [2.24, 2.45) is 0 Å². The molecule has 1 aromatic heterocycles. The molecule has 0 saturated heterocycles. The Morgan fingerprint density at radius 3 is 2.70 bits per heavy atom. The molecule has 0 saturated carbocycles. The molecule has 20 heavy (non-hydrogen) atoms. The topological polar surface area (TPSA) is 50.3 Å². The second-order valence-corrected chi connectivity index (χ2v) is 5.45. The third-order valence-electron chi connectivity index (χ3n) is 3.19. The lowest BCUT2D eigenvalue weighted by atomic mass is 10.2. The number of thioether (sulfide) groups is 1. The Hall–Kier alpha value is -1.01. The second kappa shape index (κ2) is 9.02. The van der Waals surface area contributed by atoms with Crippen LogP contribution in [0.5, 0.6) is 0 Å². The van der Waals surface area contributed by atoms with Crippen molar-refractivity contribution >= 4 is 23.4 Å². The van der Waals surface area contributed by atoms with E-state index in [2.05, 4.69) is 40.4 Å². The highest BCUT2D eigenvalue weighted by Gasteiger charge is 2.15. The third kappa shape index (κ3) is 4.83. The Labute approximate surface area is 126 Å². The van der Waals surface area contributed by atoms with E-state index in [1.165, 1.54) is 0 Å².